The first-order valence-electron chi connectivity index (χ1n) is 7.63. The summed E-state index contributed by atoms with van der Waals surface area (Å²) in [5.41, 5.74) is 9.87. The van der Waals surface area contributed by atoms with Gasteiger partial charge in [0.2, 0.25) is 0 Å². The predicted molar refractivity (Wildman–Crippen MR) is 88.7 cm³/mol. The number of halogens is 2. The van der Waals surface area contributed by atoms with Gasteiger partial charge in [0.1, 0.15) is 5.75 Å². The van der Waals surface area contributed by atoms with E-state index in [9.17, 15) is 8.78 Å². The first-order valence-corrected chi connectivity index (χ1v) is 7.63. The summed E-state index contributed by atoms with van der Waals surface area (Å²) in [4.78, 5) is 6.19. The van der Waals surface area contributed by atoms with Gasteiger partial charge in [0.25, 0.3) is 0 Å². The molecule has 126 valence electrons. The third-order valence-corrected chi connectivity index (χ3v) is 4.24. The molecule has 0 radical (unpaired) electrons. The average molecular weight is 331 g/mol. The molecule has 2 N–H and O–H groups in total. The minimum absolute atomic E-state index is 0.215. The predicted octanol–water partition coefficient (Wildman–Crippen LogP) is 3.33. The number of hydrogen-bond acceptors (Lipinski definition) is 4. The summed E-state index contributed by atoms with van der Waals surface area (Å²) >= 11 is 0. The quantitative estimate of drug-likeness (QED) is 0.937. The van der Waals surface area contributed by atoms with Crippen molar-refractivity contribution in [2.24, 2.45) is 5.73 Å². The van der Waals surface area contributed by atoms with Gasteiger partial charge in [-0.2, -0.15) is 8.78 Å². The van der Waals surface area contributed by atoms with E-state index in [-0.39, 0.29) is 11.8 Å². The second-order valence-corrected chi connectivity index (χ2v) is 5.84. The van der Waals surface area contributed by atoms with Crippen LogP contribution in [0.15, 0.2) is 42.7 Å². The zero-order valence-corrected chi connectivity index (χ0v) is 13.5. The Kier molecular flexibility index (Phi) is 4.49. The largest absolute Gasteiger partial charge is 0.434 e. The van der Waals surface area contributed by atoms with Crippen LogP contribution in [0.5, 0.6) is 5.75 Å². The number of fused-ring (bicyclic) bond motifs is 1. The van der Waals surface area contributed by atoms with Crippen molar-refractivity contribution in [3.8, 4) is 5.75 Å². The van der Waals surface area contributed by atoms with Gasteiger partial charge < -0.3 is 10.5 Å². The number of nitrogens with two attached hydrogens (primary N) is 1. The fraction of sp³-hybridized carbons (Fsp3) is 0.278. The molecular formula is C18H19F2N3O. The Labute approximate surface area is 139 Å². The van der Waals surface area contributed by atoms with Crippen LogP contribution in [0.2, 0.25) is 0 Å². The molecular weight excluding hydrogens is 312 g/mol. The van der Waals surface area contributed by atoms with Gasteiger partial charge in [0.15, 0.2) is 0 Å². The van der Waals surface area contributed by atoms with Gasteiger partial charge in [-0.3, -0.25) is 9.88 Å². The average Bonchev–Trinajstić information content (AvgIpc) is 2.67. The van der Waals surface area contributed by atoms with Crippen LogP contribution >= 0.6 is 0 Å². The lowest BCUT2D eigenvalue weighted by atomic mass is 9.93. The second-order valence-electron chi connectivity index (χ2n) is 5.84. The molecule has 1 unspecified atom stereocenters. The molecule has 0 fully saturated rings. The minimum atomic E-state index is -2.87. The minimum Gasteiger partial charge on any atom is -0.434 e. The number of likely N-dealkylation sites (N-methyl/N-ethyl adjacent to an activating group) is 1. The van der Waals surface area contributed by atoms with Crippen molar-refractivity contribution < 1.29 is 13.5 Å². The summed E-state index contributed by atoms with van der Waals surface area (Å²) in [6, 6.07) is 7.04. The summed E-state index contributed by atoms with van der Waals surface area (Å²) in [5.74, 6) is 0.215. The normalized spacial score (nSPS) is 18.0. The molecule has 1 aromatic heterocycles. The zero-order valence-electron chi connectivity index (χ0n) is 13.5. The van der Waals surface area contributed by atoms with Crippen molar-refractivity contribution in [2.45, 2.75) is 19.6 Å². The highest BCUT2D eigenvalue weighted by atomic mass is 19.3. The fourth-order valence-electron chi connectivity index (χ4n) is 3.13. The molecule has 0 saturated heterocycles. The maximum absolute atomic E-state index is 12.9. The number of para-hydroxylation sites is 1. The van der Waals surface area contributed by atoms with Gasteiger partial charge in [-0.05, 0) is 37.2 Å². The Morgan fingerprint density at radius 3 is 2.83 bits per heavy atom. The van der Waals surface area contributed by atoms with Crippen LogP contribution in [0.4, 0.5) is 8.78 Å². The van der Waals surface area contributed by atoms with E-state index in [1.165, 1.54) is 0 Å². The highest BCUT2D eigenvalue weighted by Crippen LogP contribution is 2.39. The van der Waals surface area contributed by atoms with Crippen LogP contribution in [0.25, 0.3) is 5.70 Å². The van der Waals surface area contributed by atoms with Crippen LogP contribution in [0.3, 0.4) is 0 Å². The lowest BCUT2D eigenvalue weighted by molar-refractivity contribution is -0.0513. The van der Waals surface area contributed by atoms with Crippen molar-refractivity contribution >= 4 is 5.70 Å². The molecule has 24 heavy (non-hydrogen) atoms. The molecule has 1 aliphatic rings. The van der Waals surface area contributed by atoms with Gasteiger partial charge in [-0.1, -0.05) is 18.2 Å². The van der Waals surface area contributed by atoms with Gasteiger partial charge in [-0.25, -0.2) is 0 Å². The SMILES string of the molecule is Cc1cccc(C2c3ccncc3C(N)=CCN2C)c1OC(F)F. The van der Waals surface area contributed by atoms with E-state index < -0.39 is 6.61 Å². The number of rotatable bonds is 3. The first kappa shape index (κ1) is 16.4. The molecule has 3 rings (SSSR count). The Bertz CT molecular complexity index is 777. The topological polar surface area (TPSA) is 51.4 Å². The van der Waals surface area contributed by atoms with Gasteiger partial charge in [0, 0.05) is 35.8 Å². The third kappa shape index (κ3) is 2.97. The molecule has 6 heteroatoms. The summed E-state index contributed by atoms with van der Waals surface area (Å²) in [6.45, 7) is -0.522. The van der Waals surface area contributed by atoms with Crippen LogP contribution in [-0.2, 0) is 0 Å². The van der Waals surface area contributed by atoms with E-state index in [0.29, 0.717) is 23.4 Å². The maximum atomic E-state index is 12.9. The van der Waals surface area contributed by atoms with E-state index in [4.69, 9.17) is 10.5 Å². The number of pyridine rings is 1. The standard InChI is InChI=1S/C18H19F2N3O/c1-11-4-3-5-13(17(11)24-18(19)20)16-12-6-8-22-10-14(12)15(21)7-9-23(16)2/h3-8,10,16,18H,9,21H2,1-2H3. The number of aromatic nitrogens is 1. The molecule has 1 aromatic carbocycles. The van der Waals surface area contributed by atoms with E-state index in [1.807, 2.05) is 36.2 Å². The Balaban J connectivity index is 2.19. The van der Waals surface area contributed by atoms with E-state index in [2.05, 4.69) is 4.98 Å². The van der Waals surface area contributed by atoms with E-state index in [0.717, 1.165) is 11.1 Å². The molecule has 2 heterocycles. The molecule has 0 aliphatic carbocycles. The van der Waals surface area contributed by atoms with Crippen LogP contribution in [0, 0.1) is 6.92 Å². The van der Waals surface area contributed by atoms with Crippen molar-refractivity contribution in [3.63, 3.8) is 0 Å². The highest BCUT2D eigenvalue weighted by molar-refractivity contribution is 5.67. The molecule has 2 aromatic rings. The van der Waals surface area contributed by atoms with Crippen molar-refractivity contribution in [2.75, 3.05) is 13.6 Å². The lowest BCUT2D eigenvalue weighted by Crippen LogP contribution is -2.26. The van der Waals surface area contributed by atoms with Crippen molar-refractivity contribution in [1.82, 2.24) is 9.88 Å². The summed E-state index contributed by atoms with van der Waals surface area (Å²) in [6.07, 6.45) is 5.29. The summed E-state index contributed by atoms with van der Waals surface area (Å²) < 4.78 is 30.7. The molecule has 1 aliphatic heterocycles. The molecule has 0 bridgehead atoms. The number of alkyl halides is 2. The Hall–Kier alpha value is -2.47. The summed E-state index contributed by atoms with van der Waals surface area (Å²) in [5, 5.41) is 0. The van der Waals surface area contributed by atoms with Crippen LogP contribution in [-0.4, -0.2) is 30.1 Å². The van der Waals surface area contributed by atoms with E-state index >= 15 is 0 Å². The second kappa shape index (κ2) is 6.57. The maximum Gasteiger partial charge on any atom is 0.387 e. The monoisotopic (exact) mass is 331 g/mol. The number of ether oxygens (including phenoxy) is 1. The number of hydrogen-bond donors (Lipinski definition) is 1. The van der Waals surface area contributed by atoms with Crippen molar-refractivity contribution in [1.29, 1.82) is 0 Å². The zero-order chi connectivity index (χ0) is 17.3. The number of aryl methyl sites for hydroxylation is 1. The Morgan fingerprint density at radius 1 is 1.29 bits per heavy atom. The summed E-state index contributed by atoms with van der Waals surface area (Å²) in [7, 11) is 1.93. The van der Waals surface area contributed by atoms with Gasteiger partial charge in [0.05, 0.1) is 6.04 Å². The van der Waals surface area contributed by atoms with Crippen LogP contribution in [0.1, 0.15) is 28.3 Å². The lowest BCUT2D eigenvalue weighted by Gasteiger charge is -2.29. The molecule has 0 amide bonds. The van der Waals surface area contributed by atoms with Crippen LogP contribution < -0.4 is 10.5 Å². The van der Waals surface area contributed by atoms with Gasteiger partial charge in [-0.15, -0.1) is 0 Å². The molecule has 4 nitrogen and oxygen atoms in total. The molecule has 0 saturated carbocycles. The fourth-order valence-corrected chi connectivity index (χ4v) is 3.13. The highest BCUT2D eigenvalue weighted by Gasteiger charge is 2.28. The van der Waals surface area contributed by atoms with Crippen molar-refractivity contribution in [3.05, 3.63) is 65.0 Å². The molecule has 0 spiro atoms. The third-order valence-electron chi connectivity index (χ3n) is 4.24. The number of nitrogens with zero attached hydrogens (tertiary/aromatic N) is 2. The smallest absolute Gasteiger partial charge is 0.387 e. The van der Waals surface area contributed by atoms with E-state index in [1.54, 1.807) is 25.4 Å². The molecule has 1 atom stereocenters. The first-order chi connectivity index (χ1) is 11.5. The van der Waals surface area contributed by atoms with Gasteiger partial charge >= 0.3 is 6.61 Å². The number of benzene rings is 1. The Morgan fingerprint density at radius 2 is 2.08 bits per heavy atom.